The van der Waals surface area contributed by atoms with Crippen molar-refractivity contribution in [2.45, 2.75) is 38.8 Å². The minimum atomic E-state index is -0.0693. The zero-order chi connectivity index (χ0) is 13.4. The standard InChI is InChI=1S/C16H21NO2/c1-3-13-12(6-7-18-13)16(17)15-9-11-8-10(2)4-5-14(11)19-15/h4-5,8-9,12-13,16H,3,6-7,17H2,1-2H3. The highest BCUT2D eigenvalue weighted by Gasteiger charge is 2.34. The minimum absolute atomic E-state index is 0.0693. The number of benzene rings is 1. The van der Waals surface area contributed by atoms with E-state index in [9.17, 15) is 0 Å². The van der Waals surface area contributed by atoms with E-state index in [0.29, 0.717) is 5.92 Å². The maximum atomic E-state index is 6.39. The number of nitrogens with two attached hydrogens (primary N) is 1. The van der Waals surface area contributed by atoms with Crippen molar-refractivity contribution in [1.29, 1.82) is 0 Å². The molecule has 1 aromatic carbocycles. The van der Waals surface area contributed by atoms with Gasteiger partial charge in [-0.15, -0.1) is 0 Å². The molecule has 102 valence electrons. The predicted octanol–water partition coefficient (Wildman–Crippen LogP) is 3.56. The van der Waals surface area contributed by atoms with E-state index in [1.165, 1.54) is 5.56 Å². The summed E-state index contributed by atoms with van der Waals surface area (Å²) in [6, 6.07) is 8.23. The Bertz CT molecular complexity index is 575. The van der Waals surface area contributed by atoms with Gasteiger partial charge < -0.3 is 14.9 Å². The largest absolute Gasteiger partial charge is 0.459 e. The summed E-state index contributed by atoms with van der Waals surface area (Å²) >= 11 is 0. The summed E-state index contributed by atoms with van der Waals surface area (Å²) in [5.41, 5.74) is 8.55. The Labute approximate surface area is 113 Å². The van der Waals surface area contributed by atoms with Crippen LogP contribution in [-0.2, 0) is 4.74 Å². The maximum absolute atomic E-state index is 6.39. The topological polar surface area (TPSA) is 48.4 Å². The molecule has 3 heteroatoms. The lowest BCUT2D eigenvalue weighted by Crippen LogP contribution is -2.27. The molecule has 3 unspecified atom stereocenters. The van der Waals surface area contributed by atoms with Crippen LogP contribution in [0.1, 0.15) is 37.1 Å². The number of fused-ring (bicyclic) bond motifs is 1. The van der Waals surface area contributed by atoms with E-state index >= 15 is 0 Å². The second kappa shape index (κ2) is 4.99. The monoisotopic (exact) mass is 259 g/mol. The lowest BCUT2D eigenvalue weighted by molar-refractivity contribution is 0.0794. The average Bonchev–Trinajstić information content (AvgIpc) is 3.03. The van der Waals surface area contributed by atoms with Gasteiger partial charge in [-0.3, -0.25) is 0 Å². The smallest absolute Gasteiger partial charge is 0.134 e. The van der Waals surface area contributed by atoms with Gasteiger partial charge in [-0.1, -0.05) is 18.6 Å². The quantitative estimate of drug-likeness (QED) is 0.917. The number of aryl methyl sites for hydroxylation is 1. The molecule has 2 aromatic rings. The van der Waals surface area contributed by atoms with Gasteiger partial charge in [0.2, 0.25) is 0 Å². The van der Waals surface area contributed by atoms with Gasteiger partial charge in [0.15, 0.2) is 0 Å². The first-order valence-corrected chi connectivity index (χ1v) is 7.06. The molecule has 0 amide bonds. The number of hydrogen-bond acceptors (Lipinski definition) is 3. The molecule has 0 radical (unpaired) electrons. The summed E-state index contributed by atoms with van der Waals surface area (Å²) in [5, 5.41) is 1.14. The molecule has 0 bridgehead atoms. The zero-order valence-corrected chi connectivity index (χ0v) is 11.6. The first-order chi connectivity index (χ1) is 9.19. The minimum Gasteiger partial charge on any atom is -0.459 e. The van der Waals surface area contributed by atoms with Crippen molar-refractivity contribution < 1.29 is 9.15 Å². The number of rotatable bonds is 3. The maximum Gasteiger partial charge on any atom is 0.134 e. The molecule has 3 rings (SSSR count). The van der Waals surface area contributed by atoms with Crippen LogP contribution in [0.25, 0.3) is 11.0 Å². The van der Waals surface area contributed by atoms with E-state index in [0.717, 1.165) is 36.2 Å². The van der Waals surface area contributed by atoms with Crippen molar-refractivity contribution in [2.24, 2.45) is 11.7 Å². The average molecular weight is 259 g/mol. The predicted molar refractivity (Wildman–Crippen MR) is 76.0 cm³/mol. The van der Waals surface area contributed by atoms with Gasteiger partial charge in [0, 0.05) is 17.9 Å². The molecule has 1 aromatic heterocycles. The Hall–Kier alpha value is -1.32. The van der Waals surface area contributed by atoms with Crippen molar-refractivity contribution in [3.05, 3.63) is 35.6 Å². The molecule has 1 aliphatic heterocycles. The van der Waals surface area contributed by atoms with Crippen molar-refractivity contribution in [1.82, 2.24) is 0 Å². The lowest BCUT2D eigenvalue weighted by atomic mass is 9.90. The molecular formula is C16H21NO2. The van der Waals surface area contributed by atoms with Gasteiger partial charge in [-0.05, 0) is 38.0 Å². The summed E-state index contributed by atoms with van der Waals surface area (Å²) in [6.07, 6.45) is 2.30. The Kier molecular flexibility index (Phi) is 3.33. The molecule has 19 heavy (non-hydrogen) atoms. The molecule has 3 atom stereocenters. The van der Waals surface area contributed by atoms with Crippen LogP contribution in [0.4, 0.5) is 0 Å². The van der Waals surface area contributed by atoms with Crippen LogP contribution in [-0.4, -0.2) is 12.7 Å². The summed E-state index contributed by atoms with van der Waals surface area (Å²) in [6.45, 7) is 5.05. The number of ether oxygens (including phenoxy) is 1. The lowest BCUT2D eigenvalue weighted by Gasteiger charge is -2.21. The fourth-order valence-electron chi connectivity index (χ4n) is 3.05. The summed E-state index contributed by atoms with van der Waals surface area (Å²) in [7, 11) is 0. The Balaban J connectivity index is 1.90. The Morgan fingerprint density at radius 1 is 1.37 bits per heavy atom. The van der Waals surface area contributed by atoms with Crippen molar-refractivity contribution in [3.8, 4) is 0 Å². The van der Waals surface area contributed by atoms with Crippen molar-refractivity contribution >= 4 is 11.0 Å². The van der Waals surface area contributed by atoms with E-state index in [-0.39, 0.29) is 12.1 Å². The van der Waals surface area contributed by atoms with Crippen LogP contribution in [0.3, 0.4) is 0 Å². The molecular weight excluding hydrogens is 238 g/mol. The van der Waals surface area contributed by atoms with Crippen LogP contribution in [0.2, 0.25) is 0 Å². The summed E-state index contributed by atoms with van der Waals surface area (Å²) in [4.78, 5) is 0. The van der Waals surface area contributed by atoms with Crippen LogP contribution in [0.5, 0.6) is 0 Å². The zero-order valence-electron chi connectivity index (χ0n) is 11.6. The summed E-state index contributed by atoms with van der Waals surface area (Å²) in [5.74, 6) is 1.25. The van der Waals surface area contributed by atoms with Crippen molar-refractivity contribution in [3.63, 3.8) is 0 Å². The third-order valence-electron chi connectivity index (χ3n) is 4.14. The van der Waals surface area contributed by atoms with Gasteiger partial charge in [0.1, 0.15) is 11.3 Å². The van der Waals surface area contributed by atoms with Crippen LogP contribution < -0.4 is 5.73 Å². The van der Waals surface area contributed by atoms with Crippen LogP contribution in [0, 0.1) is 12.8 Å². The second-order valence-corrected chi connectivity index (χ2v) is 5.49. The van der Waals surface area contributed by atoms with Gasteiger partial charge in [0.05, 0.1) is 12.1 Å². The third-order valence-corrected chi connectivity index (χ3v) is 4.14. The molecule has 1 saturated heterocycles. The van der Waals surface area contributed by atoms with Gasteiger partial charge >= 0.3 is 0 Å². The van der Waals surface area contributed by atoms with E-state index in [2.05, 4.69) is 32.0 Å². The highest BCUT2D eigenvalue weighted by molar-refractivity contribution is 5.78. The molecule has 1 aliphatic rings. The van der Waals surface area contributed by atoms with E-state index in [1.54, 1.807) is 0 Å². The molecule has 2 heterocycles. The normalized spacial score (nSPS) is 25.0. The molecule has 0 spiro atoms. The van der Waals surface area contributed by atoms with E-state index < -0.39 is 0 Å². The number of furan rings is 1. The molecule has 2 N–H and O–H groups in total. The first-order valence-electron chi connectivity index (χ1n) is 7.06. The van der Waals surface area contributed by atoms with Gasteiger partial charge in [0.25, 0.3) is 0 Å². The van der Waals surface area contributed by atoms with Crippen molar-refractivity contribution in [2.75, 3.05) is 6.61 Å². The van der Waals surface area contributed by atoms with Crippen LogP contribution >= 0.6 is 0 Å². The first kappa shape index (κ1) is 12.7. The molecule has 3 nitrogen and oxygen atoms in total. The SMILES string of the molecule is CCC1OCCC1C(N)c1cc2cc(C)ccc2o1. The van der Waals surface area contributed by atoms with E-state index in [1.807, 2.05) is 6.07 Å². The van der Waals surface area contributed by atoms with Gasteiger partial charge in [-0.25, -0.2) is 0 Å². The second-order valence-electron chi connectivity index (χ2n) is 5.49. The fourth-order valence-corrected chi connectivity index (χ4v) is 3.05. The Morgan fingerprint density at radius 2 is 2.21 bits per heavy atom. The number of hydrogen-bond donors (Lipinski definition) is 1. The fraction of sp³-hybridized carbons (Fsp3) is 0.500. The molecule has 0 aliphatic carbocycles. The van der Waals surface area contributed by atoms with Gasteiger partial charge in [-0.2, -0.15) is 0 Å². The third kappa shape index (κ3) is 2.28. The van der Waals surface area contributed by atoms with Crippen LogP contribution in [0.15, 0.2) is 28.7 Å². The molecule has 0 saturated carbocycles. The Morgan fingerprint density at radius 3 is 3.00 bits per heavy atom. The highest BCUT2D eigenvalue weighted by Crippen LogP contribution is 2.35. The molecule has 1 fully saturated rings. The van der Waals surface area contributed by atoms with E-state index in [4.69, 9.17) is 14.9 Å². The highest BCUT2D eigenvalue weighted by atomic mass is 16.5. The summed E-state index contributed by atoms with van der Waals surface area (Å²) < 4.78 is 11.6.